The van der Waals surface area contributed by atoms with Crippen LogP contribution in [0.3, 0.4) is 0 Å². The van der Waals surface area contributed by atoms with Crippen LogP contribution >= 0.6 is 0 Å². The predicted molar refractivity (Wildman–Crippen MR) is 89.5 cm³/mol. The van der Waals surface area contributed by atoms with Crippen LogP contribution in [-0.2, 0) is 13.1 Å². The molecule has 10 heteroatoms. The second-order valence-corrected chi connectivity index (χ2v) is 5.87. The van der Waals surface area contributed by atoms with Crippen molar-refractivity contribution >= 4 is 11.8 Å². The van der Waals surface area contributed by atoms with Crippen LogP contribution in [0.1, 0.15) is 26.5 Å². The Labute approximate surface area is 148 Å². The zero-order chi connectivity index (χ0) is 18.1. The molecule has 4 rings (SSSR count). The summed E-state index contributed by atoms with van der Waals surface area (Å²) in [6, 6.07) is 5.15. The minimum atomic E-state index is -0.351. The summed E-state index contributed by atoms with van der Waals surface area (Å²) in [5.74, 6) is 0.102. The van der Waals surface area contributed by atoms with Crippen LogP contribution in [0.4, 0.5) is 0 Å². The molecule has 3 aromatic rings. The number of fused-ring (bicyclic) bond motifs is 1. The number of pyridine rings is 1. The molecule has 1 aliphatic rings. The molecule has 3 aromatic heterocycles. The third-order valence-corrected chi connectivity index (χ3v) is 4.17. The van der Waals surface area contributed by atoms with Crippen molar-refractivity contribution in [3.63, 3.8) is 0 Å². The number of carbonyl (C=O) groups is 2. The van der Waals surface area contributed by atoms with Crippen LogP contribution in [-0.4, -0.2) is 59.8 Å². The summed E-state index contributed by atoms with van der Waals surface area (Å²) >= 11 is 0. The fourth-order valence-electron chi connectivity index (χ4n) is 2.77. The number of amides is 2. The summed E-state index contributed by atoms with van der Waals surface area (Å²) in [6.07, 6.45) is 4.60. The maximum atomic E-state index is 12.5. The van der Waals surface area contributed by atoms with Gasteiger partial charge in [-0.1, -0.05) is 6.07 Å². The van der Waals surface area contributed by atoms with Crippen molar-refractivity contribution in [3.05, 3.63) is 54.0 Å². The molecule has 0 unspecified atom stereocenters. The van der Waals surface area contributed by atoms with Gasteiger partial charge in [0.25, 0.3) is 11.8 Å². The Balaban J connectivity index is 1.51. The summed E-state index contributed by atoms with van der Waals surface area (Å²) in [5.41, 5.74) is 1.43. The van der Waals surface area contributed by atoms with Gasteiger partial charge in [0.15, 0.2) is 11.5 Å². The van der Waals surface area contributed by atoms with E-state index in [1.54, 1.807) is 35.2 Å². The van der Waals surface area contributed by atoms with E-state index in [1.807, 2.05) is 6.07 Å². The average molecular weight is 352 g/mol. The molecule has 0 saturated carbocycles. The minimum Gasteiger partial charge on any atom is -0.346 e. The maximum Gasteiger partial charge on any atom is 0.272 e. The fraction of sp³-hybridized carbons (Fsp3) is 0.250. The lowest BCUT2D eigenvalue weighted by Crippen LogP contribution is -2.37. The van der Waals surface area contributed by atoms with Gasteiger partial charge in [-0.15, -0.1) is 0 Å². The first-order valence-electron chi connectivity index (χ1n) is 8.04. The summed E-state index contributed by atoms with van der Waals surface area (Å²) < 4.78 is 3.10. The second kappa shape index (κ2) is 6.39. The SMILES string of the molecule is CN1CCn2nc(C(=O)NCc3cccnc3-n3cncn3)cc2C1=O. The lowest BCUT2D eigenvalue weighted by Gasteiger charge is -2.22. The van der Waals surface area contributed by atoms with Crippen LogP contribution in [0.15, 0.2) is 37.1 Å². The molecule has 0 aromatic carbocycles. The van der Waals surface area contributed by atoms with E-state index in [2.05, 4.69) is 25.5 Å². The van der Waals surface area contributed by atoms with Crippen molar-refractivity contribution in [2.24, 2.45) is 0 Å². The van der Waals surface area contributed by atoms with Crippen LogP contribution in [0, 0.1) is 0 Å². The molecule has 0 atom stereocenters. The van der Waals surface area contributed by atoms with Gasteiger partial charge in [-0.2, -0.15) is 10.2 Å². The second-order valence-electron chi connectivity index (χ2n) is 5.87. The highest BCUT2D eigenvalue weighted by Crippen LogP contribution is 2.13. The molecule has 4 heterocycles. The Morgan fingerprint density at radius 2 is 2.23 bits per heavy atom. The van der Waals surface area contributed by atoms with Crippen LogP contribution < -0.4 is 5.32 Å². The third kappa shape index (κ3) is 2.81. The number of likely N-dealkylation sites (N-methyl/N-ethyl adjacent to an activating group) is 1. The first kappa shape index (κ1) is 15.9. The number of carbonyl (C=O) groups excluding carboxylic acids is 2. The number of hydrogen-bond donors (Lipinski definition) is 1. The van der Waals surface area contributed by atoms with Crippen molar-refractivity contribution in [1.29, 1.82) is 0 Å². The van der Waals surface area contributed by atoms with E-state index in [4.69, 9.17) is 0 Å². The molecular formula is C16H16N8O2. The van der Waals surface area contributed by atoms with E-state index < -0.39 is 0 Å². The molecule has 0 fully saturated rings. The third-order valence-electron chi connectivity index (χ3n) is 4.17. The molecule has 132 valence electrons. The summed E-state index contributed by atoms with van der Waals surface area (Å²) in [6.45, 7) is 1.40. The molecular weight excluding hydrogens is 336 g/mol. The smallest absolute Gasteiger partial charge is 0.272 e. The average Bonchev–Trinajstić information content (AvgIpc) is 3.33. The highest BCUT2D eigenvalue weighted by molar-refractivity contribution is 5.98. The largest absolute Gasteiger partial charge is 0.346 e. The van der Waals surface area contributed by atoms with Gasteiger partial charge >= 0.3 is 0 Å². The molecule has 0 spiro atoms. The Bertz CT molecular complexity index is 963. The van der Waals surface area contributed by atoms with Crippen LogP contribution in [0.25, 0.3) is 5.82 Å². The first-order chi connectivity index (χ1) is 12.6. The highest BCUT2D eigenvalue weighted by atomic mass is 16.2. The van der Waals surface area contributed by atoms with Crippen molar-refractivity contribution in [1.82, 2.24) is 39.7 Å². The normalized spacial score (nSPS) is 13.6. The number of nitrogens with one attached hydrogen (secondary N) is 1. The van der Waals surface area contributed by atoms with E-state index in [9.17, 15) is 9.59 Å². The van der Waals surface area contributed by atoms with Crippen molar-refractivity contribution in [2.75, 3.05) is 13.6 Å². The van der Waals surface area contributed by atoms with Crippen molar-refractivity contribution in [2.45, 2.75) is 13.1 Å². The maximum absolute atomic E-state index is 12.5. The Kier molecular flexibility index (Phi) is 3.92. The number of rotatable bonds is 4. The van der Waals surface area contributed by atoms with E-state index in [-0.39, 0.29) is 24.1 Å². The van der Waals surface area contributed by atoms with Gasteiger partial charge in [0.1, 0.15) is 18.3 Å². The Hall–Kier alpha value is -3.56. The lowest BCUT2D eigenvalue weighted by molar-refractivity contribution is 0.0742. The standard InChI is InChI=1S/C16H16N8O2/c1-22-5-6-23-13(16(22)26)7-12(21-23)15(25)19-8-11-3-2-4-18-14(11)24-10-17-9-20-24/h2-4,7,9-10H,5-6,8H2,1H3,(H,19,25). The summed E-state index contributed by atoms with van der Waals surface area (Å²) in [4.78, 5) is 34.4. The fourth-order valence-corrected chi connectivity index (χ4v) is 2.77. The van der Waals surface area contributed by atoms with Gasteiger partial charge in [0.05, 0.1) is 6.54 Å². The van der Waals surface area contributed by atoms with Crippen molar-refractivity contribution in [3.8, 4) is 5.82 Å². The Morgan fingerprint density at radius 1 is 1.35 bits per heavy atom. The van der Waals surface area contributed by atoms with Gasteiger partial charge in [-0.3, -0.25) is 14.3 Å². The number of hydrogen-bond acceptors (Lipinski definition) is 6. The topological polar surface area (TPSA) is 111 Å². The number of aromatic nitrogens is 6. The molecule has 26 heavy (non-hydrogen) atoms. The molecule has 10 nitrogen and oxygen atoms in total. The summed E-state index contributed by atoms with van der Waals surface area (Å²) in [7, 11) is 1.73. The highest BCUT2D eigenvalue weighted by Gasteiger charge is 2.25. The lowest BCUT2D eigenvalue weighted by atomic mass is 10.2. The predicted octanol–water partition coefficient (Wildman–Crippen LogP) is -0.126. The molecule has 0 bridgehead atoms. The molecule has 2 amide bonds. The zero-order valence-electron chi connectivity index (χ0n) is 14.0. The molecule has 0 radical (unpaired) electrons. The van der Waals surface area contributed by atoms with Gasteiger partial charge in [-0.25, -0.2) is 14.6 Å². The first-order valence-corrected chi connectivity index (χ1v) is 8.04. The van der Waals surface area contributed by atoms with Gasteiger partial charge in [0.2, 0.25) is 0 Å². The van der Waals surface area contributed by atoms with E-state index in [0.717, 1.165) is 5.56 Å². The molecule has 0 saturated heterocycles. The van der Waals surface area contributed by atoms with Crippen molar-refractivity contribution < 1.29 is 9.59 Å². The van der Waals surface area contributed by atoms with E-state index >= 15 is 0 Å². The van der Waals surface area contributed by atoms with E-state index in [1.165, 1.54) is 17.1 Å². The molecule has 1 aliphatic heterocycles. The number of nitrogens with zero attached hydrogens (tertiary/aromatic N) is 7. The van der Waals surface area contributed by atoms with Crippen LogP contribution in [0.5, 0.6) is 0 Å². The molecule has 1 N–H and O–H groups in total. The van der Waals surface area contributed by atoms with E-state index in [0.29, 0.717) is 24.6 Å². The van der Waals surface area contributed by atoms with Gasteiger partial charge in [-0.05, 0) is 6.07 Å². The Morgan fingerprint density at radius 3 is 3.04 bits per heavy atom. The zero-order valence-corrected chi connectivity index (χ0v) is 14.0. The van der Waals surface area contributed by atoms with Crippen LogP contribution in [0.2, 0.25) is 0 Å². The van der Waals surface area contributed by atoms with Gasteiger partial charge in [0, 0.05) is 38.0 Å². The van der Waals surface area contributed by atoms with Gasteiger partial charge < -0.3 is 10.2 Å². The minimum absolute atomic E-state index is 0.136. The summed E-state index contributed by atoms with van der Waals surface area (Å²) in [5, 5.41) is 11.1. The monoisotopic (exact) mass is 352 g/mol. The quantitative estimate of drug-likeness (QED) is 0.700. The molecule has 0 aliphatic carbocycles.